The molecule has 0 atom stereocenters. The first-order chi connectivity index (χ1) is 15.8. The second-order valence-electron chi connectivity index (χ2n) is 7.73. The van der Waals surface area contributed by atoms with Crippen LogP contribution in [0.15, 0.2) is 54.6 Å². The fraction of sp³-hybridized carbons (Fsp3) is 0.292. The van der Waals surface area contributed by atoms with Crippen molar-refractivity contribution in [2.24, 2.45) is 5.92 Å². The van der Waals surface area contributed by atoms with E-state index in [-0.39, 0.29) is 17.3 Å². The summed E-state index contributed by atoms with van der Waals surface area (Å²) in [4.78, 5) is 49.1. The highest BCUT2D eigenvalue weighted by molar-refractivity contribution is 5.96. The zero-order valence-corrected chi connectivity index (χ0v) is 18.2. The predicted molar refractivity (Wildman–Crippen MR) is 122 cm³/mol. The van der Waals surface area contributed by atoms with Crippen LogP contribution in [0, 0.1) is 23.0 Å². The van der Waals surface area contributed by atoms with Gasteiger partial charge >= 0.3 is 5.97 Å². The van der Waals surface area contributed by atoms with Crippen LogP contribution in [0.25, 0.3) is 6.08 Å². The van der Waals surface area contributed by atoms with Crippen LogP contribution in [0.3, 0.4) is 0 Å². The highest BCUT2D eigenvalue weighted by atomic mass is 16.6. The van der Waals surface area contributed by atoms with Crippen molar-refractivity contribution in [2.75, 3.05) is 25.0 Å². The van der Waals surface area contributed by atoms with Crippen LogP contribution < -0.4 is 5.32 Å². The molecule has 1 aliphatic heterocycles. The monoisotopic (exact) mass is 451 g/mol. The molecule has 1 N–H and O–H groups in total. The maximum absolute atomic E-state index is 12.4. The van der Waals surface area contributed by atoms with Crippen molar-refractivity contribution < 1.29 is 24.0 Å². The van der Waals surface area contributed by atoms with Gasteiger partial charge in [-0.05, 0) is 37.0 Å². The number of piperidine rings is 1. The third-order valence-corrected chi connectivity index (χ3v) is 5.42. The van der Waals surface area contributed by atoms with E-state index < -0.39 is 29.3 Å². The van der Waals surface area contributed by atoms with Gasteiger partial charge in [0.2, 0.25) is 5.91 Å². The number of nitro groups is 1. The first kappa shape index (κ1) is 23.6. The molecule has 0 aliphatic carbocycles. The molecule has 172 valence electrons. The second kappa shape index (κ2) is 11.0. The first-order valence-electron chi connectivity index (χ1n) is 10.6. The van der Waals surface area contributed by atoms with Crippen LogP contribution in [-0.2, 0) is 19.1 Å². The Morgan fingerprint density at radius 2 is 1.82 bits per heavy atom. The zero-order chi connectivity index (χ0) is 23.8. The molecule has 0 bridgehead atoms. The quantitative estimate of drug-likeness (QED) is 0.298. The molecule has 2 amide bonds. The summed E-state index contributed by atoms with van der Waals surface area (Å²) in [5, 5.41) is 13.6. The summed E-state index contributed by atoms with van der Waals surface area (Å²) in [5.74, 6) is -1.70. The van der Waals surface area contributed by atoms with E-state index in [1.807, 2.05) is 30.3 Å². The number of nitrogens with one attached hydrogen (secondary N) is 1. The number of aryl methyl sites for hydroxylation is 1. The smallest absolute Gasteiger partial charge is 0.309 e. The minimum absolute atomic E-state index is 0.0823. The van der Waals surface area contributed by atoms with Crippen LogP contribution in [0.4, 0.5) is 11.4 Å². The lowest BCUT2D eigenvalue weighted by Gasteiger charge is -2.30. The highest BCUT2D eigenvalue weighted by Gasteiger charge is 2.28. The first-order valence-corrected chi connectivity index (χ1v) is 10.6. The molecule has 9 nitrogen and oxygen atoms in total. The molecule has 1 heterocycles. The predicted octanol–water partition coefficient (Wildman–Crippen LogP) is 3.34. The molecular weight excluding hydrogens is 426 g/mol. The van der Waals surface area contributed by atoms with Gasteiger partial charge in [-0.1, -0.05) is 42.5 Å². The summed E-state index contributed by atoms with van der Waals surface area (Å²) < 4.78 is 5.12. The van der Waals surface area contributed by atoms with Crippen LogP contribution in [0.5, 0.6) is 0 Å². The fourth-order valence-corrected chi connectivity index (χ4v) is 3.57. The molecule has 1 fully saturated rings. The van der Waals surface area contributed by atoms with Crippen LogP contribution in [0.2, 0.25) is 0 Å². The van der Waals surface area contributed by atoms with E-state index >= 15 is 0 Å². The van der Waals surface area contributed by atoms with Gasteiger partial charge in [-0.15, -0.1) is 0 Å². The average Bonchev–Trinajstić information content (AvgIpc) is 2.83. The molecule has 1 aliphatic rings. The Kier molecular flexibility index (Phi) is 7.91. The Hall–Kier alpha value is -4.01. The Bertz CT molecular complexity index is 1060. The molecular formula is C24H25N3O6. The number of benzene rings is 2. The van der Waals surface area contributed by atoms with Gasteiger partial charge in [0.15, 0.2) is 6.61 Å². The van der Waals surface area contributed by atoms with E-state index in [1.165, 1.54) is 18.2 Å². The Labute approximate surface area is 191 Å². The van der Waals surface area contributed by atoms with Gasteiger partial charge in [0.25, 0.3) is 11.6 Å². The number of anilines is 1. The average molecular weight is 451 g/mol. The lowest BCUT2D eigenvalue weighted by molar-refractivity contribution is -0.384. The normalized spacial score (nSPS) is 14.2. The summed E-state index contributed by atoms with van der Waals surface area (Å²) in [7, 11) is 0. The van der Waals surface area contributed by atoms with Gasteiger partial charge in [0.05, 0.1) is 10.8 Å². The Balaban J connectivity index is 1.45. The maximum atomic E-state index is 12.4. The molecule has 0 radical (unpaired) electrons. The highest BCUT2D eigenvalue weighted by Crippen LogP contribution is 2.27. The SMILES string of the molecule is Cc1cccc([N+](=O)[O-])c1NC(=O)COC(=O)C1CCN(C(=O)/C=C/c2ccccc2)CC1. The van der Waals surface area contributed by atoms with Crippen molar-refractivity contribution >= 4 is 35.2 Å². The van der Waals surface area contributed by atoms with E-state index in [9.17, 15) is 24.5 Å². The number of likely N-dealkylation sites (tertiary alicyclic amines) is 1. The van der Waals surface area contributed by atoms with Gasteiger partial charge in [0.1, 0.15) is 5.69 Å². The van der Waals surface area contributed by atoms with Gasteiger partial charge in [-0.2, -0.15) is 0 Å². The van der Waals surface area contributed by atoms with Crippen LogP contribution >= 0.6 is 0 Å². The number of ether oxygens (including phenoxy) is 1. The molecule has 0 unspecified atom stereocenters. The third-order valence-electron chi connectivity index (χ3n) is 5.42. The van der Waals surface area contributed by atoms with Crippen molar-refractivity contribution in [3.8, 4) is 0 Å². The Morgan fingerprint density at radius 3 is 2.48 bits per heavy atom. The number of nitrogens with zero attached hydrogens (tertiary/aromatic N) is 2. The maximum Gasteiger partial charge on any atom is 0.309 e. The lowest BCUT2D eigenvalue weighted by atomic mass is 9.97. The fourth-order valence-electron chi connectivity index (χ4n) is 3.57. The molecule has 0 spiro atoms. The van der Waals surface area contributed by atoms with Gasteiger partial charge in [0, 0.05) is 25.2 Å². The molecule has 2 aromatic rings. The van der Waals surface area contributed by atoms with E-state index in [1.54, 1.807) is 24.0 Å². The lowest BCUT2D eigenvalue weighted by Crippen LogP contribution is -2.40. The van der Waals surface area contributed by atoms with Gasteiger partial charge < -0.3 is 15.0 Å². The number of carbonyl (C=O) groups is 3. The summed E-state index contributed by atoms with van der Waals surface area (Å²) >= 11 is 0. The summed E-state index contributed by atoms with van der Waals surface area (Å²) in [6, 6.07) is 13.9. The van der Waals surface area contributed by atoms with Crippen LogP contribution in [-0.4, -0.2) is 47.3 Å². The molecule has 33 heavy (non-hydrogen) atoms. The number of esters is 1. The topological polar surface area (TPSA) is 119 Å². The Morgan fingerprint density at radius 1 is 1.12 bits per heavy atom. The zero-order valence-electron chi connectivity index (χ0n) is 18.2. The molecule has 2 aromatic carbocycles. The number of rotatable bonds is 7. The minimum atomic E-state index is -0.653. The summed E-state index contributed by atoms with van der Waals surface area (Å²) in [6.07, 6.45) is 4.15. The third kappa shape index (κ3) is 6.49. The minimum Gasteiger partial charge on any atom is -0.455 e. The standard InChI is InChI=1S/C24H25N3O6/c1-17-6-5-9-20(27(31)32)23(17)25-21(28)16-33-24(30)19-12-14-26(15-13-19)22(29)11-10-18-7-3-2-4-8-18/h2-11,19H,12-16H2,1H3,(H,25,28)/b11-10+. The molecule has 9 heteroatoms. The number of hydrogen-bond acceptors (Lipinski definition) is 6. The summed E-state index contributed by atoms with van der Waals surface area (Å²) in [5.41, 5.74) is 1.31. The van der Waals surface area contributed by atoms with Crippen LogP contribution in [0.1, 0.15) is 24.0 Å². The molecule has 0 aromatic heterocycles. The largest absolute Gasteiger partial charge is 0.455 e. The van der Waals surface area contributed by atoms with E-state index in [4.69, 9.17) is 4.74 Å². The van der Waals surface area contributed by atoms with E-state index in [0.717, 1.165) is 5.56 Å². The number of hydrogen-bond donors (Lipinski definition) is 1. The van der Waals surface area contributed by atoms with Crippen molar-refractivity contribution in [2.45, 2.75) is 19.8 Å². The number of para-hydroxylation sites is 1. The number of amides is 2. The van der Waals surface area contributed by atoms with Crippen molar-refractivity contribution in [1.82, 2.24) is 4.90 Å². The van der Waals surface area contributed by atoms with Gasteiger partial charge in [-0.25, -0.2) is 0 Å². The number of carbonyl (C=O) groups excluding carboxylic acids is 3. The molecule has 1 saturated heterocycles. The number of nitro benzene ring substituents is 1. The van der Waals surface area contributed by atoms with E-state index in [0.29, 0.717) is 31.5 Å². The van der Waals surface area contributed by atoms with Crippen molar-refractivity contribution in [1.29, 1.82) is 0 Å². The summed E-state index contributed by atoms with van der Waals surface area (Å²) in [6.45, 7) is 1.93. The molecule has 0 saturated carbocycles. The van der Waals surface area contributed by atoms with Crippen molar-refractivity contribution in [3.05, 3.63) is 75.8 Å². The van der Waals surface area contributed by atoms with E-state index in [2.05, 4.69) is 5.32 Å². The van der Waals surface area contributed by atoms with Crippen molar-refractivity contribution in [3.63, 3.8) is 0 Å². The second-order valence-corrected chi connectivity index (χ2v) is 7.73. The van der Waals surface area contributed by atoms with Gasteiger partial charge in [-0.3, -0.25) is 24.5 Å². The molecule has 3 rings (SSSR count).